The Labute approximate surface area is 174 Å². The van der Waals surface area contributed by atoms with Gasteiger partial charge in [0.1, 0.15) is 5.75 Å². The molecule has 1 atom stereocenters. The molecular weight excluding hydrogens is 362 g/mol. The number of likely N-dealkylation sites (tertiary alicyclic amines) is 1. The van der Waals surface area contributed by atoms with Crippen LogP contribution in [-0.2, 0) is 6.42 Å². The first-order valence-electron chi connectivity index (χ1n) is 10.4. The summed E-state index contributed by atoms with van der Waals surface area (Å²) in [5.74, 6) is 1.78. The number of pyridine rings is 1. The molecule has 156 valence electrons. The molecule has 1 fully saturated rings. The van der Waals surface area contributed by atoms with E-state index < -0.39 is 0 Å². The zero-order valence-electron chi connectivity index (χ0n) is 17.8. The van der Waals surface area contributed by atoms with Gasteiger partial charge in [-0.3, -0.25) is 14.9 Å². The molecule has 1 aromatic heterocycles. The van der Waals surface area contributed by atoms with Gasteiger partial charge in [-0.2, -0.15) is 0 Å². The molecule has 1 unspecified atom stereocenters. The third-order valence-corrected chi connectivity index (χ3v) is 5.59. The summed E-state index contributed by atoms with van der Waals surface area (Å²) in [6.45, 7) is 5.96. The number of hydrogen-bond donors (Lipinski definition) is 2. The average Bonchev–Trinajstić information content (AvgIpc) is 3.29. The molecule has 2 N–H and O–H groups in total. The molecular formula is C23H33N5O. The van der Waals surface area contributed by atoms with E-state index in [-0.39, 0.29) is 6.04 Å². The fourth-order valence-electron chi connectivity index (χ4n) is 3.94. The summed E-state index contributed by atoms with van der Waals surface area (Å²) < 4.78 is 5.64. The Morgan fingerprint density at radius 2 is 2.00 bits per heavy atom. The number of aryl methyl sites for hydroxylation is 1. The van der Waals surface area contributed by atoms with E-state index >= 15 is 0 Å². The Morgan fingerprint density at radius 3 is 2.72 bits per heavy atom. The molecule has 6 nitrogen and oxygen atoms in total. The Balaban J connectivity index is 1.61. The predicted octanol–water partition coefficient (Wildman–Crippen LogP) is 2.94. The molecule has 6 heteroatoms. The largest absolute Gasteiger partial charge is 0.496 e. The van der Waals surface area contributed by atoms with E-state index in [9.17, 15) is 0 Å². The lowest BCUT2D eigenvalue weighted by molar-refractivity contribution is 0.239. The van der Waals surface area contributed by atoms with Crippen LogP contribution in [0.1, 0.15) is 35.6 Å². The van der Waals surface area contributed by atoms with Gasteiger partial charge in [0.25, 0.3) is 0 Å². The molecule has 2 heterocycles. The molecule has 0 aliphatic carbocycles. The maximum atomic E-state index is 5.64. The number of rotatable bonds is 8. The number of aromatic nitrogens is 1. The van der Waals surface area contributed by atoms with Crippen LogP contribution in [0.15, 0.2) is 47.7 Å². The maximum Gasteiger partial charge on any atom is 0.191 e. The van der Waals surface area contributed by atoms with Crippen molar-refractivity contribution in [3.63, 3.8) is 0 Å². The van der Waals surface area contributed by atoms with Crippen LogP contribution in [0, 0.1) is 6.92 Å². The highest BCUT2D eigenvalue weighted by Gasteiger charge is 2.25. The number of nitrogens with one attached hydrogen (secondary N) is 2. The summed E-state index contributed by atoms with van der Waals surface area (Å²) in [5.41, 5.74) is 3.77. The van der Waals surface area contributed by atoms with Crippen LogP contribution in [0.2, 0.25) is 0 Å². The molecule has 2 aromatic rings. The van der Waals surface area contributed by atoms with Crippen molar-refractivity contribution in [1.82, 2.24) is 20.5 Å². The highest BCUT2D eigenvalue weighted by atomic mass is 16.5. The van der Waals surface area contributed by atoms with E-state index in [4.69, 9.17) is 4.74 Å². The molecule has 0 bridgehead atoms. The highest BCUT2D eigenvalue weighted by Crippen LogP contribution is 2.31. The minimum Gasteiger partial charge on any atom is -0.496 e. The quantitative estimate of drug-likeness (QED) is 0.532. The van der Waals surface area contributed by atoms with Gasteiger partial charge in [0.05, 0.1) is 13.2 Å². The van der Waals surface area contributed by atoms with Gasteiger partial charge >= 0.3 is 0 Å². The van der Waals surface area contributed by atoms with Crippen LogP contribution in [0.5, 0.6) is 5.75 Å². The number of guanidine groups is 1. The number of aliphatic imine (C=N–C) groups is 1. The second-order valence-corrected chi connectivity index (χ2v) is 7.43. The number of methoxy groups -OCH3 is 1. The first kappa shape index (κ1) is 21.1. The van der Waals surface area contributed by atoms with Crippen molar-refractivity contribution >= 4 is 5.96 Å². The van der Waals surface area contributed by atoms with Gasteiger partial charge < -0.3 is 15.4 Å². The number of para-hydroxylation sites is 1. The Bertz CT molecular complexity index is 801. The van der Waals surface area contributed by atoms with Gasteiger partial charge in [-0.15, -0.1) is 0 Å². The molecule has 1 saturated heterocycles. The number of nitrogens with zero attached hydrogens (tertiary/aromatic N) is 3. The zero-order chi connectivity index (χ0) is 20.5. The van der Waals surface area contributed by atoms with Gasteiger partial charge in [-0.1, -0.05) is 18.2 Å². The molecule has 1 aromatic carbocycles. The van der Waals surface area contributed by atoms with Crippen LogP contribution >= 0.6 is 0 Å². The summed E-state index contributed by atoms with van der Waals surface area (Å²) in [6, 6.07) is 10.7. The van der Waals surface area contributed by atoms with Crippen molar-refractivity contribution in [1.29, 1.82) is 0 Å². The zero-order valence-corrected chi connectivity index (χ0v) is 17.8. The first-order valence-corrected chi connectivity index (χ1v) is 10.4. The van der Waals surface area contributed by atoms with E-state index in [1.54, 1.807) is 7.11 Å². The standard InChI is InChI=1S/C23H33N5O/c1-18-16-25-12-10-19(18)11-13-26-23(24-2)27-17-21(28-14-6-7-15-28)20-8-4-5-9-22(20)29-3/h4-5,8-10,12,16,21H,6-7,11,13-15,17H2,1-3H3,(H2,24,26,27). The van der Waals surface area contributed by atoms with E-state index in [0.717, 1.165) is 44.3 Å². The van der Waals surface area contributed by atoms with Gasteiger partial charge in [0.2, 0.25) is 0 Å². The molecule has 0 spiro atoms. The van der Waals surface area contributed by atoms with E-state index in [0.29, 0.717) is 0 Å². The Morgan fingerprint density at radius 1 is 1.21 bits per heavy atom. The number of ether oxygens (including phenoxy) is 1. The van der Waals surface area contributed by atoms with Crippen LogP contribution in [0.25, 0.3) is 0 Å². The van der Waals surface area contributed by atoms with Crippen molar-refractivity contribution in [2.24, 2.45) is 4.99 Å². The second-order valence-electron chi connectivity index (χ2n) is 7.43. The van der Waals surface area contributed by atoms with E-state index in [1.807, 2.05) is 31.6 Å². The lowest BCUT2D eigenvalue weighted by atomic mass is 10.0. The lowest BCUT2D eigenvalue weighted by Gasteiger charge is -2.30. The van der Waals surface area contributed by atoms with Crippen molar-refractivity contribution in [2.75, 3.05) is 40.3 Å². The maximum absolute atomic E-state index is 5.64. The smallest absolute Gasteiger partial charge is 0.191 e. The minimum atomic E-state index is 0.259. The SMILES string of the molecule is CN=C(NCCc1ccncc1C)NCC(c1ccccc1OC)N1CCCC1. The lowest BCUT2D eigenvalue weighted by Crippen LogP contribution is -2.43. The highest BCUT2D eigenvalue weighted by molar-refractivity contribution is 5.79. The molecule has 0 radical (unpaired) electrons. The summed E-state index contributed by atoms with van der Waals surface area (Å²) in [6.07, 6.45) is 7.21. The summed E-state index contributed by atoms with van der Waals surface area (Å²) >= 11 is 0. The predicted molar refractivity (Wildman–Crippen MR) is 119 cm³/mol. The second kappa shape index (κ2) is 10.8. The van der Waals surface area contributed by atoms with Crippen molar-refractivity contribution in [3.8, 4) is 5.75 Å². The normalized spacial score (nSPS) is 15.9. The molecule has 0 amide bonds. The van der Waals surface area contributed by atoms with E-state index in [1.165, 1.54) is 29.5 Å². The van der Waals surface area contributed by atoms with Crippen molar-refractivity contribution < 1.29 is 4.74 Å². The topological polar surface area (TPSA) is 61.8 Å². The van der Waals surface area contributed by atoms with Gasteiger partial charge in [0, 0.05) is 38.1 Å². The van der Waals surface area contributed by atoms with Gasteiger partial charge in [-0.25, -0.2) is 0 Å². The summed E-state index contributed by atoms with van der Waals surface area (Å²) in [7, 11) is 3.57. The Hall–Kier alpha value is -2.60. The van der Waals surface area contributed by atoms with Gasteiger partial charge in [0.15, 0.2) is 5.96 Å². The van der Waals surface area contributed by atoms with E-state index in [2.05, 4.69) is 50.6 Å². The van der Waals surface area contributed by atoms with Crippen LogP contribution in [-0.4, -0.2) is 56.2 Å². The molecule has 1 aliphatic rings. The van der Waals surface area contributed by atoms with Crippen molar-refractivity contribution in [3.05, 3.63) is 59.4 Å². The fourth-order valence-corrected chi connectivity index (χ4v) is 3.94. The summed E-state index contributed by atoms with van der Waals surface area (Å²) in [5, 5.41) is 6.97. The molecule has 0 saturated carbocycles. The van der Waals surface area contributed by atoms with Crippen molar-refractivity contribution in [2.45, 2.75) is 32.2 Å². The fraction of sp³-hybridized carbons (Fsp3) is 0.478. The minimum absolute atomic E-state index is 0.259. The van der Waals surface area contributed by atoms with Crippen LogP contribution in [0.4, 0.5) is 0 Å². The first-order chi connectivity index (χ1) is 14.2. The van der Waals surface area contributed by atoms with Crippen LogP contribution < -0.4 is 15.4 Å². The molecule has 3 rings (SSSR count). The summed E-state index contributed by atoms with van der Waals surface area (Å²) in [4.78, 5) is 11.1. The third kappa shape index (κ3) is 5.70. The number of benzene rings is 1. The van der Waals surface area contributed by atoms with Crippen LogP contribution in [0.3, 0.4) is 0 Å². The average molecular weight is 396 g/mol. The monoisotopic (exact) mass is 395 g/mol. The number of hydrogen-bond acceptors (Lipinski definition) is 4. The van der Waals surface area contributed by atoms with Gasteiger partial charge in [-0.05, 0) is 62.5 Å². The molecule has 1 aliphatic heterocycles. The Kier molecular flexibility index (Phi) is 7.87. The third-order valence-electron chi connectivity index (χ3n) is 5.59. The molecule has 29 heavy (non-hydrogen) atoms.